The van der Waals surface area contributed by atoms with E-state index in [0.29, 0.717) is 0 Å². The zero-order valence-electron chi connectivity index (χ0n) is 17.6. The number of rotatable bonds is 12. The van der Waals surface area contributed by atoms with E-state index in [1.165, 1.54) is 60.0 Å². The van der Waals surface area contributed by atoms with E-state index in [4.69, 9.17) is 4.42 Å². The molecule has 1 aromatic heterocycles. The van der Waals surface area contributed by atoms with Gasteiger partial charge in [-0.1, -0.05) is 46.6 Å². The Morgan fingerprint density at radius 2 is 1.23 bits per heavy atom. The molecule has 1 nitrogen and oxygen atoms in total. The van der Waals surface area contributed by atoms with Crippen LogP contribution in [0.4, 0.5) is 0 Å². The Bertz CT molecular complexity index is 605. The van der Waals surface area contributed by atoms with E-state index in [-0.39, 0.29) is 0 Å². The molecule has 0 radical (unpaired) electrons. The molecule has 0 aliphatic heterocycles. The molecule has 1 heterocycles. The zero-order chi connectivity index (χ0) is 19.2. The normalized spacial score (nSPS) is 13.2. The van der Waals surface area contributed by atoms with Crippen molar-refractivity contribution in [1.29, 1.82) is 0 Å². The van der Waals surface area contributed by atoms with Crippen molar-refractivity contribution < 1.29 is 4.42 Å². The Morgan fingerprint density at radius 3 is 1.69 bits per heavy atom. The molecule has 0 saturated heterocycles. The topological polar surface area (TPSA) is 13.1 Å². The summed E-state index contributed by atoms with van der Waals surface area (Å²) in [5, 5.41) is 0. The Labute approximate surface area is 161 Å². The molecule has 0 aliphatic carbocycles. The average molecular weight is 355 g/mol. The lowest BCUT2D eigenvalue weighted by atomic mass is 10.0. The molecular weight excluding hydrogens is 316 g/mol. The van der Waals surface area contributed by atoms with E-state index in [9.17, 15) is 0 Å². The van der Waals surface area contributed by atoms with Gasteiger partial charge in [-0.3, -0.25) is 0 Å². The van der Waals surface area contributed by atoms with E-state index < -0.39 is 0 Å². The van der Waals surface area contributed by atoms with Crippen LogP contribution in [0.5, 0.6) is 0 Å². The van der Waals surface area contributed by atoms with Crippen molar-refractivity contribution in [3.05, 3.63) is 70.8 Å². The van der Waals surface area contributed by atoms with Crippen LogP contribution in [0.25, 0.3) is 0 Å². The number of allylic oxidation sites excluding steroid dienone is 8. The fourth-order valence-corrected chi connectivity index (χ4v) is 2.91. The summed E-state index contributed by atoms with van der Waals surface area (Å²) in [5.74, 6) is 0. The van der Waals surface area contributed by atoms with Crippen molar-refractivity contribution in [2.24, 2.45) is 0 Å². The summed E-state index contributed by atoms with van der Waals surface area (Å²) in [6, 6.07) is 2.05. The summed E-state index contributed by atoms with van der Waals surface area (Å²) in [4.78, 5) is 0. The standard InChI is InChI=1S/C25H38O/c1-21(2)10-6-11-22(3)12-7-13-23(4)14-8-15-24(5)16-9-17-25-18-19-26-20-25/h10,12,14,16,18-20H,6-9,11,13,15,17H2,1-5H3. The molecule has 0 atom stereocenters. The highest BCUT2D eigenvalue weighted by atomic mass is 16.3. The van der Waals surface area contributed by atoms with Crippen LogP contribution in [0.3, 0.4) is 0 Å². The Morgan fingerprint density at radius 1 is 0.731 bits per heavy atom. The minimum atomic E-state index is 1.07. The van der Waals surface area contributed by atoms with Gasteiger partial charge in [-0.15, -0.1) is 0 Å². The van der Waals surface area contributed by atoms with Gasteiger partial charge in [-0.25, -0.2) is 0 Å². The minimum absolute atomic E-state index is 1.07. The maximum Gasteiger partial charge on any atom is 0.0934 e. The number of hydrogen-bond acceptors (Lipinski definition) is 1. The van der Waals surface area contributed by atoms with E-state index >= 15 is 0 Å². The lowest BCUT2D eigenvalue weighted by Crippen LogP contribution is -1.83. The highest BCUT2D eigenvalue weighted by Crippen LogP contribution is 2.14. The molecule has 0 fully saturated rings. The van der Waals surface area contributed by atoms with Crippen molar-refractivity contribution >= 4 is 0 Å². The Kier molecular flexibility index (Phi) is 11.5. The van der Waals surface area contributed by atoms with Gasteiger partial charge in [0.05, 0.1) is 12.5 Å². The second-order valence-electron chi connectivity index (χ2n) is 7.72. The first-order valence-electron chi connectivity index (χ1n) is 10.1. The van der Waals surface area contributed by atoms with Crippen LogP contribution in [-0.4, -0.2) is 0 Å². The lowest BCUT2D eigenvalue weighted by molar-refractivity contribution is 0.564. The first-order chi connectivity index (χ1) is 12.5. The third-order valence-corrected chi connectivity index (χ3v) is 4.66. The van der Waals surface area contributed by atoms with E-state index in [1.54, 1.807) is 6.26 Å². The third kappa shape index (κ3) is 11.7. The molecule has 0 bridgehead atoms. The fourth-order valence-electron chi connectivity index (χ4n) is 2.91. The van der Waals surface area contributed by atoms with Crippen LogP contribution in [0.1, 0.15) is 85.1 Å². The maximum atomic E-state index is 5.10. The predicted octanol–water partition coefficient (Wildman–Crippen LogP) is 8.36. The summed E-state index contributed by atoms with van der Waals surface area (Å²) in [7, 11) is 0. The first kappa shape index (κ1) is 22.3. The van der Waals surface area contributed by atoms with Crippen molar-refractivity contribution in [3.8, 4) is 0 Å². The van der Waals surface area contributed by atoms with E-state index in [1.807, 2.05) is 12.3 Å². The highest BCUT2D eigenvalue weighted by molar-refractivity contribution is 5.09. The summed E-state index contributed by atoms with van der Waals surface area (Å²) in [6.07, 6.45) is 22.3. The van der Waals surface area contributed by atoms with Crippen LogP contribution in [0.15, 0.2) is 69.6 Å². The molecule has 1 heteroatoms. The molecule has 144 valence electrons. The highest BCUT2D eigenvalue weighted by Gasteiger charge is 1.95. The van der Waals surface area contributed by atoms with Crippen LogP contribution in [-0.2, 0) is 6.42 Å². The van der Waals surface area contributed by atoms with Crippen LogP contribution in [0.2, 0.25) is 0 Å². The van der Waals surface area contributed by atoms with Crippen molar-refractivity contribution in [1.82, 2.24) is 0 Å². The zero-order valence-corrected chi connectivity index (χ0v) is 17.6. The van der Waals surface area contributed by atoms with Crippen LogP contribution >= 0.6 is 0 Å². The van der Waals surface area contributed by atoms with Crippen molar-refractivity contribution in [2.45, 2.75) is 86.0 Å². The van der Waals surface area contributed by atoms with Gasteiger partial charge in [-0.2, -0.15) is 0 Å². The quantitative estimate of drug-likeness (QED) is 0.344. The van der Waals surface area contributed by atoms with Gasteiger partial charge in [0.2, 0.25) is 0 Å². The van der Waals surface area contributed by atoms with Crippen LogP contribution in [0, 0.1) is 0 Å². The Balaban J connectivity index is 2.18. The SMILES string of the molecule is CC(C)=CCCC(C)=CCCC(C)=CCCC(C)=CCCc1ccoc1. The van der Waals surface area contributed by atoms with E-state index in [0.717, 1.165) is 19.3 Å². The van der Waals surface area contributed by atoms with Gasteiger partial charge in [-0.05, 0) is 97.6 Å². The summed E-state index contributed by atoms with van der Waals surface area (Å²) >= 11 is 0. The Hall–Kier alpha value is -1.76. The minimum Gasteiger partial charge on any atom is -0.472 e. The lowest BCUT2D eigenvalue weighted by Gasteiger charge is -2.03. The van der Waals surface area contributed by atoms with Gasteiger partial charge in [0.15, 0.2) is 0 Å². The molecule has 26 heavy (non-hydrogen) atoms. The number of hydrogen-bond donors (Lipinski definition) is 0. The van der Waals surface area contributed by atoms with Gasteiger partial charge >= 0.3 is 0 Å². The van der Waals surface area contributed by atoms with Crippen molar-refractivity contribution in [3.63, 3.8) is 0 Å². The van der Waals surface area contributed by atoms with E-state index in [2.05, 4.69) is 58.9 Å². The maximum absolute atomic E-state index is 5.10. The van der Waals surface area contributed by atoms with Gasteiger partial charge in [0.25, 0.3) is 0 Å². The third-order valence-electron chi connectivity index (χ3n) is 4.66. The van der Waals surface area contributed by atoms with Crippen molar-refractivity contribution in [2.75, 3.05) is 0 Å². The predicted molar refractivity (Wildman–Crippen MR) is 115 cm³/mol. The first-order valence-corrected chi connectivity index (χ1v) is 10.1. The molecule has 0 spiro atoms. The average Bonchev–Trinajstić information content (AvgIpc) is 3.08. The summed E-state index contributed by atoms with van der Waals surface area (Å²) in [6.45, 7) is 11.1. The van der Waals surface area contributed by atoms with Gasteiger partial charge < -0.3 is 4.42 Å². The second kappa shape index (κ2) is 13.4. The molecular formula is C25H38O. The number of furan rings is 1. The molecule has 0 amide bonds. The number of aryl methyl sites for hydroxylation is 1. The second-order valence-corrected chi connectivity index (χ2v) is 7.72. The molecule has 0 N–H and O–H groups in total. The molecule has 0 unspecified atom stereocenters. The largest absolute Gasteiger partial charge is 0.472 e. The smallest absolute Gasteiger partial charge is 0.0934 e. The molecule has 0 aromatic carbocycles. The summed E-state index contributed by atoms with van der Waals surface area (Å²) in [5.41, 5.74) is 7.24. The molecule has 1 rings (SSSR count). The molecule has 1 aromatic rings. The van der Waals surface area contributed by atoms with Gasteiger partial charge in [0, 0.05) is 0 Å². The van der Waals surface area contributed by atoms with Crippen LogP contribution < -0.4 is 0 Å². The van der Waals surface area contributed by atoms with Gasteiger partial charge in [0.1, 0.15) is 0 Å². The summed E-state index contributed by atoms with van der Waals surface area (Å²) < 4.78 is 5.10. The molecule has 0 saturated carbocycles. The fraction of sp³-hybridized carbons (Fsp3) is 0.520. The molecule has 0 aliphatic rings. The monoisotopic (exact) mass is 354 g/mol.